The van der Waals surface area contributed by atoms with Crippen LogP contribution in [-0.4, -0.2) is 65.7 Å². The fourth-order valence-corrected chi connectivity index (χ4v) is 5.75. The highest BCUT2D eigenvalue weighted by molar-refractivity contribution is 7.47. The van der Waals surface area contributed by atoms with E-state index in [0.717, 1.165) is 83.5 Å². The molecular weight excluding hydrogens is 659 g/mol. The number of esters is 2. The van der Waals surface area contributed by atoms with Gasteiger partial charge in [-0.05, 0) is 64.2 Å². The number of allylic oxidation sites excluding steroid dienone is 6. The van der Waals surface area contributed by atoms with Crippen LogP contribution < -0.4 is 0 Å². The van der Waals surface area contributed by atoms with Gasteiger partial charge in [0.05, 0.1) is 19.8 Å². The summed E-state index contributed by atoms with van der Waals surface area (Å²) >= 11 is 0. The largest absolute Gasteiger partial charge is 0.472 e. The van der Waals surface area contributed by atoms with E-state index in [4.69, 9.17) is 19.1 Å². The predicted octanol–water partition coefficient (Wildman–Crippen LogP) is 9.61. The van der Waals surface area contributed by atoms with E-state index >= 15 is 0 Å². The Morgan fingerprint density at radius 2 is 1.08 bits per heavy atom. The summed E-state index contributed by atoms with van der Waals surface area (Å²) in [5, 5.41) is 18.3. The summed E-state index contributed by atoms with van der Waals surface area (Å²) < 4.78 is 32.6. The molecule has 0 saturated carbocycles. The number of phosphoric acid groups is 1. The molecule has 3 unspecified atom stereocenters. The van der Waals surface area contributed by atoms with Gasteiger partial charge in [0, 0.05) is 12.8 Å². The standard InChI is InChI=1S/C39H71O10P/c1-3-5-7-9-11-13-15-17-19-20-22-24-26-28-30-38(42)46-34-37(35-48-50(44,45)47-33-36(41)32-40)49-39(43)31-29-27-25-23-21-18-16-14-12-10-8-6-4-2/h8,10,14-17,36-37,40-41H,3-7,9,11-13,18-35H2,1-2H3,(H,44,45)/b10-8-,16-14-,17-15-. The molecule has 3 atom stereocenters. The highest BCUT2D eigenvalue weighted by Gasteiger charge is 2.27. The van der Waals surface area contributed by atoms with Gasteiger partial charge < -0.3 is 24.6 Å². The Morgan fingerprint density at radius 1 is 0.600 bits per heavy atom. The first kappa shape index (κ1) is 48.2. The average Bonchev–Trinajstić information content (AvgIpc) is 3.10. The Hall–Kier alpha value is -1.81. The Bertz CT molecular complexity index is 936. The van der Waals surface area contributed by atoms with Crippen molar-refractivity contribution >= 4 is 19.8 Å². The van der Waals surface area contributed by atoms with E-state index in [1.165, 1.54) is 38.5 Å². The van der Waals surface area contributed by atoms with Crippen molar-refractivity contribution in [2.45, 2.75) is 174 Å². The van der Waals surface area contributed by atoms with Crippen molar-refractivity contribution in [2.24, 2.45) is 0 Å². The van der Waals surface area contributed by atoms with Gasteiger partial charge >= 0.3 is 19.8 Å². The molecule has 11 heteroatoms. The van der Waals surface area contributed by atoms with E-state index in [1.54, 1.807) is 0 Å². The van der Waals surface area contributed by atoms with Crippen LogP contribution in [0, 0.1) is 0 Å². The first-order chi connectivity index (χ1) is 24.2. The summed E-state index contributed by atoms with van der Waals surface area (Å²) in [6.45, 7) is 2.26. The molecule has 0 aliphatic rings. The molecule has 0 spiro atoms. The van der Waals surface area contributed by atoms with Crippen LogP contribution in [0.3, 0.4) is 0 Å². The Morgan fingerprint density at radius 3 is 1.64 bits per heavy atom. The number of hydrogen-bond donors (Lipinski definition) is 3. The predicted molar refractivity (Wildman–Crippen MR) is 201 cm³/mol. The topological polar surface area (TPSA) is 149 Å². The molecule has 50 heavy (non-hydrogen) atoms. The summed E-state index contributed by atoms with van der Waals surface area (Å²) in [6, 6.07) is 0. The first-order valence-corrected chi connectivity index (χ1v) is 20.9. The van der Waals surface area contributed by atoms with E-state index < -0.39 is 51.8 Å². The summed E-state index contributed by atoms with van der Waals surface area (Å²) in [6.07, 6.45) is 34.0. The lowest BCUT2D eigenvalue weighted by Crippen LogP contribution is -2.29. The number of aliphatic hydroxyl groups excluding tert-OH is 2. The second kappa shape index (κ2) is 35.6. The van der Waals surface area contributed by atoms with Gasteiger partial charge in [0.15, 0.2) is 6.10 Å². The maximum Gasteiger partial charge on any atom is 0.472 e. The third-order valence-electron chi connectivity index (χ3n) is 8.00. The molecule has 10 nitrogen and oxygen atoms in total. The summed E-state index contributed by atoms with van der Waals surface area (Å²) in [5.41, 5.74) is 0. The number of unbranched alkanes of at least 4 members (excludes halogenated alkanes) is 16. The lowest BCUT2D eigenvalue weighted by molar-refractivity contribution is -0.161. The summed E-state index contributed by atoms with van der Waals surface area (Å²) in [7, 11) is -4.62. The van der Waals surface area contributed by atoms with E-state index in [2.05, 4.69) is 54.8 Å². The van der Waals surface area contributed by atoms with Gasteiger partial charge in [-0.15, -0.1) is 0 Å². The zero-order valence-corrected chi connectivity index (χ0v) is 32.3. The minimum Gasteiger partial charge on any atom is -0.462 e. The molecule has 0 rings (SSSR count). The third-order valence-corrected chi connectivity index (χ3v) is 8.95. The van der Waals surface area contributed by atoms with Gasteiger partial charge in [-0.1, -0.05) is 121 Å². The molecule has 0 bridgehead atoms. The van der Waals surface area contributed by atoms with Crippen molar-refractivity contribution in [1.82, 2.24) is 0 Å². The van der Waals surface area contributed by atoms with Crippen molar-refractivity contribution < 1.29 is 47.8 Å². The average molecular weight is 731 g/mol. The van der Waals surface area contributed by atoms with Gasteiger partial charge in [-0.3, -0.25) is 18.6 Å². The highest BCUT2D eigenvalue weighted by Crippen LogP contribution is 2.43. The molecule has 3 N–H and O–H groups in total. The van der Waals surface area contributed by atoms with Crippen LogP contribution >= 0.6 is 7.82 Å². The lowest BCUT2D eigenvalue weighted by atomic mass is 10.1. The van der Waals surface area contributed by atoms with Crippen molar-refractivity contribution in [2.75, 3.05) is 26.4 Å². The number of hydrogen-bond acceptors (Lipinski definition) is 9. The van der Waals surface area contributed by atoms with Crippen LogP contribution in [-0.2, 0) is 32.7 Å². The van der Waals surface area contributed by atoms with Crippen LogP contribution in [0.4, 0.5) is 0 Å². The minimum absolute atomic E-state index is 0.166. The normalized spacial score (nSPS) is 14.4. The maximum absolute atomic E-state index is 12.5. The molecule has 0 radical (unpaired) electrons. The van der Waals surface area contributed by atoms with Crippen molar-refractivity contribution in [3.63, 3.8) is 0 Å². The van der Waals surface area contributed by atoms with Gasteiger partial charge in [0.2, 0.25) is 0 Å². The molecule has 0 aliphatic heterocycles. The van der Waals surface area contributed by atoms with Crippen LogP contribution in [0.1, 0.15) is 162 Å². The third kappa shape index (κ3) is 34.6. The number of ether oxygens (including phenoxy) is 2. The van der Waals surface area contributed by atoms with Crippen LogP contribution in [0.2, 0.25) is 0 Å². The molecule has 0 amide bonds. The molecule has 292 valence electrons. The molecule has 0 aromatic carbocycles. The van der Waals surface area contributed by atoms with Crippen LogP contribution in [0.15, 0.2) is 36.5 Å². The van der Waals surface area contributed by atoms with Crippen molar-refractivity contribution in [3.05, 3.63) is 36.5 Å². The maximum atomic E-state index is 12.5. The number of rotatable bonds is 36. The van der Waals surface area contributed by atoms with E-state index in [9.17, 15) is 24.2 Å². The molecule has 0 saturated heterocycles. The lowest BCUT2D eigenvalue weighted by Gasteiger charge is -2.20. The number of phosphoric ester groups is 1. The van der Waals surface area contributed by atoms with Gasteiger partial charge in [-0.2, -0.15) is 0 Å². The molecule has 0 fully saturated rings. The minimum atomic E-state index is -4.62. The van der Waals surface area contributed by atoms with Crippen molar-refractivity contribution in [1.29, 1.82) is 0 Å². The fraction of sp³-hybridized carbons (Fsp3) is 0.795. The Kier molecular flexibility index (Phi) is 34.3. The number of carbonyl (C=O) groups excluding carboxylic acids is 2. The van der Waals surface area contributed by atoms with E-state index in [-0.39, 0.29) is 19.4 Å². The highest BCUT2D eigenvalue weighted by atomic mass is 31.2. The van der Waals surface area contributed by atoms with E-state index in [0.29, 0.717) is 12.8 Å². The van der Waals surface area contributed by atoms with E-state index in [1.807, 2.05) is 0 Å². The Labute approximate surface area is 303 Å². The molecule has 0 aliphatic carbocycles. The number of carbonyl (C=O) groups is 2. The number of aliphatic hydroxyl groups is 2. The van der Waals surface area contributed by atoms with Gasteiger partial charge in [-0.25, -0.2) is 4.57 Å². The van der Waals surface area contributed by atoms with Crippen molar-refractivity contribution in [3.8, 4) is 0 Å². The van der Waals surface area contributed by atoms with Gasteiger partial charge in [0.1, 0.15) is 12.7 Å². The smallest absolute Gasteiger partial charge is 0.462 e. The molecule has 0 aromatic heterocycles. The molecular formula is C39H71O10P. The summed E-state index contributed by atoms with van der Waals surface area (Å²) in [5.74, 6) is -0.954. The fourth-order valence-electron chi connectivity index (χ4n) is 4.97. The van der Waals surface area contributed by atoms with Gasteiger partial charge in [0.25, 0.3) is 0 Å². The molecule has 0 aromatic rings. The zero-order valence-electron chi connectivity index (χ0n) is 31.4. The Balaban J connectivity index is 4.39. The second-order valence-electron chi connectivity index (χ2n) is 12.9. The molecule has 0 heterocycles. The first-order valence-electron chi connectivity index (χ1n) is 19.4. The monoisotopic (exact) mass is 730 g/mol. The quantitative estimate of drug-likeness (QED) is 0.0246. The van der Waals surface area contributed by atoms with Crippen LogP contribution in [0.25, 0.3) is 0 Å². The zero-order chi connectivity index (χ0) is 37.0. The van der Waals surface area contributed by atoms with Crippen LogP contribution in [0.5, 0.6) is 0 Å². The second-order valence-corrected chi connectivity index (χ2v) is 14.4. The summed E-state index contributed by atoms with van der Waals surface area (Å²) in [4.78, 5) is 34.8. The SMILES string of the molecule is CCC/C=C\C/C=C\CCCCCCCC(=O)OC(COC(=O)CCCCCCC/C=C\CCCCCCC)COP(=O)(O)OCC(O)CO.